The van der Waals surface area contributed by atoms with Crippen LogP contribution in [0, 0.1) is 0 Å². The molecule has 0 saturated carbocycles. The SMILES string of the molecule is CCC(C)(CCO)NC(=O)COC1CCNCC1. The van der Waals surface area contributed by atoms with Crippen LogP contribution >= 0.6 is 0 Å². The first-order chi connectivity index (χ1) is 8.59. The summed E-state index contributed by atoms with van der Waals surface area (Å²) < 4.78 is 5.60. The lowest BCUT2D eigenvalue weighted by molar-refractivity contribution is -0.130. The highest BCUT2D eigenvalue weighted by molar-refractivity contribution is 5.78. The molecule has 3 N–H and O–H groups in total. The van der Waals surface area contributed by atoms with Crippen LogP contribution in [0.1, 0.15) is 39.5 Å². The van der Waals surface area contributed by atoms with Crippen LogP contribution in [0.3, 0.4) is 0 Å². The first kappa shape index (κ1) is 15.4. The molecule has 0 aliphatic carbocycles. The van der Waals surface area contributed by atoms with Crippen LogP contribution in [0.2, 0.25) is 0 Å². The zero-order valence-electron chi connectivity index (χ0n) is 11.5. The van der Waals surface area contributed by atoms with E-state index in [9.17, 15) is 4.79 Å². The second-order valence-corrected chi connectivity index (χ2v) is 5.20. The minimum absolute atomic E-state index is 0.0831. The molecular formula is C13H26N2O3. The van der Waals surface area contributed by atoms with Crippen LogP contribution < -0.4 is 10.6 Å². The standard InChI is InChI=1S/C13H26N2O3/c1-3-13(2,6-9-16)15-12(17)10-18-11-4-7-14-8-5-11/h11,14,16H,3-10H2,1-2H3,(H,15,17). The van der Waals surface area contributed by atoms with Gasteiger partial charge in [0.25, 0.3) is 0 Å². The molecular weight excluding hydrogens is 232 g/mol. The molecule has 0 bridgehead atoms. The largest absolute Gasteiger partial charge is 0.396 e. The minimum atomic E-state index is -0.330. The van der Waals surface area contributed by atoms with Crippen LogP contribution in [0.4, 0.5) is 0 Å². The quantitative estimate of drug-likeness (QED) is 0.619. The van der Waals surface area contributed by atoms with Gasteiger partial charge in [-0.1, -0.05) is 6.92 Å². The highest BCUT2D eigenvalue weighted by atomic mass is 16.5. The number of aliphatic hydroxyl groups is 1. The fraction of sp³-hybridized carbons (Fsp3) is 0.923. The van der Waals surface area contributed by atoms with Crippen molar-refractivity contribution < 1.29 is 14.6 Å². The Morgan fingerprint density at radius 2 is 2.17 bits per heavy atom. The topological polar surface area (TPSA) is 70.6 Å². The summed E-state index contributed by atoms with van der Waals surface area (Å²) in [6, 6.07) is 0. The van der Waals surface area contributed by atoms with Crippen molar-refractivity contribution in [3.8, 4) is 0 Å². The second-order valence-electron chi connectivity index (χ2n) is 5.20. The monoisotopic (exact) mass is 258 g/mol. The predicted molar refractivity (Wildman–Crippen MR) is 70.4 cm³/mol. The normalized spacial score (nSPS) is 20.4. The van der Waals surface area contributed by atoms with Gasteiger partial charge in [0.2, 0.25) is 5.91 Å². The van der Waals surface area contributed by atoms with Gasteiger partial charge in [0.15, 0.2) is 0 Å². The third kappa shape index (κ3) is 5.33. The fourth-order valence-electron chi connectivity index (χ4n) is 2.10. The summed E-state index contributed by atoms with van der Waals surface area (Å²) in [5.74, 6) is -0.0914. The summed E-state index contributed by atoms with van der Waals surface area (Å²) in [4.78, 5) is 11.8. The van der Waals surface area contributed by atoms with E-state index >= 15 is 0 Å². The first-order valence-electron chi connectivity index (χ1n) is 6.84. The first-order valence-corrected chi connectivity index (χ1v) is 6.84. The molecule has 1 fully saturated rings. The van der Waals surface area contributed by atoms with E-state index in [2.05, 4.69) is 10.6 Å². The summed E-state index contributed by atoms with van der Waals surface area (Å²) in [7, 11) is 0. The molecule has 1 saturated heterocycles. The zero-order chi connectivity index (χ0) is 13.4. The van der Waals surface area contributed by atoms with Crippen molar-refractivity contribution >= 4 is 5.91 Å². The summed E-state index contributed by atoms with van der Waals surface area (Å²) >= 11 is 0. The summed E-state index contributed by atoms with van der Waals surface area (Å²) in [6.07, 6.45) is 3.50. The van der Waals surface area contributed by atoms with E-state index < -0.39 is 0 Å². The number of carbonyl (C=O) groups excluding carboxylic acids is 1. The second kappa shape index (κ2) is 7.71. The average molecular weight is 258 g/mol. The lowest BCUT2D eigenvalue weighted by Gasteiger charge is -2.29. The maximum atomic E-state index is 11.8. The van der Waals surface area contributed by atoms with Crippen molar-refractivity contribution in [2.24, 2.45) is 0 Å². The molecule has 1 heterocycles. The fourth-order valence-corrected chi connectivity index (χ4v) is 2.10. The molecule has 5 nitrogen and oxygen atoms in total. The maximum Gasteiger partial charge on any atom is 0.246 e. The number of piperidine rings is 1. The van der Waals surface area contributed by atoms with Crippen molar-refractivity contribution in [2.45, 2.75) is 51.2 Å². The molecule has 1 aliphatic heterocycles. The van der Waals surface area contributed by atoms with Crippen molar-refractivity contribution in [2.75, 3.05) is 26.3 Å². The number of amides is 1. The number of carbonyl (C=O) groups is 1. The Hall–Kier alpha value is -0.650. The van der Waals surface area contributed by atoms with Crippen LogP contribution in [-0.4, -0.2) is 49.0 Å². The van der Waals surface area contributed by atoms with E-state index in [1.165, 1.54) is 0 Å². The third-order valence-corrected chi connectivity index (χ3v) is 3.62. The number of rotatable bonds is 7. The van der Waals surface area contributed by atoms with Crippen LogP contribution in [0.5, 0.6) is 0 Å². The molecule has 0 spiro atoms. The number of ether oxygens (including phenoxy) is 1. The van der Waals surface area contributed by atoms with E-state index in [0.717, 1.165) is 32.4 Å². The van der Waals surface area contributed by atoms with Crippen LogP contribution in [0.15, 0.2) is 0 Å². The van der Waals surface area contributed by atoms with E-state index in [0.29, 0.717) is 6.42 Å². The molecule has 1 unspecified atom stereocenters. The van der Waals surface area contributed by atoms with Gasteiger partial charge in [0, 0.05) is 12.1 Å². The number of aliphatic hydroxyl groups excluding tert-OH is 1. The molecule has 0 radical (unpaired) electrons. The third-order valence-electron chi connectivity index (χ3n) is 3.62. The van der Waals surface area contributed by atoms with Crippen molar-refractivity contribution in [1.29, 1.82) is 0 Å². The van der Waals surface area contributed by atoms with Gasteiger partial charge in [0.05, 0.1) is 6.10 Å². The molecule has 106 valence electrons. The molecule has 1 rings (SSSR count). The van der Waals surface area contributed by atoms with Crippen molar-refractivity contribution in [1.82, 2.24) is 10.6 Å². The Labute approximate surface area is 109 Å². The number of nitrogens with one attached hydrogen (secondary N) is 2. The molecule has 0 aromatic rings. The molecule has 0 aromatic heterocycles. The van der Waals surface area contributed by atoms with Crippen LogP contribution in [0.25, 0.3) is 0 Å². The molecule has 0 aromatic carbocycles. The summed E-state index contributed by atoms with van der Waals surface area (Å²) in [5, 5.41) is 15.2. The van der Waals surface area contributed by atoms with Gasteiger partial charge >= 0.3 is 0 Å². The van der Waals surface area contributed by atoms with Crippen molar-refractivity contribution in [3.63, 3.8) is 0 Å². The highest BCUT2D eigenvalue weighted by Crippen LogP contribution is 2.14. The van der Waals surface area contributed by atoms with Gasteiger partial charge in [-0.15, -0.1) is 0 Å². The molecule has 1 aliphatic rings. The van der Waals surface area contributed by atoms with Gasteiger partial charge in [-0.3, -0.25) is 4.79 Å². The predicted octanol–water partition coefficient (Wildman–Crippen LogP) is 0.422. The number of hydrogen-bond acceptors (Lipinski definition) is 4. The van der Waals surface area contributed by atoms with Gasteiger partial charge < -0.3 is 20.5 Å². The Morgan fingerprint density at radius 1 is 1.50 bits per heavy atom. The Kier molecular flexibility index (Phi) is 6.60. The van der Waals surface area contributed by atoms with E-state index in [1.807, 2.05) is 13.8 Å². The van der Waals surface area contributed by atoms with E-state index in [1.54, 1.807) is 0 Å². The molecule has 5 heteroatoms. The lowest BCUT2D eigenvalue weighted by Crippen LogP contribution is -2.48. The van der Waals surface area contributed by atoms with Gasteiger partial charge in [-0.25, -0.2) is 0 Å². The molecule has 1 amide bonds. The minimum Gasteiger partial charge on any atom is -0.396 e. The van der Waals surface area contributed by atoms with E-state index in [4.69, 9.17) is 9.84 Å². The average Bonchev–Trinajstić information content (AvgIpc) is 2.38. The molecule has 1 atom stereocenters. The van der Waals surface area contributed by atoms with Gasteiger partial charge in [-0.2, -0.15) is 0 Å². The Morgan fingerprint density at radius 3 is 2.72 bits per heavy atom. The smallest absolute Gasteiger partial charge is 0.246 e. The van der Waals surface area contributed by atoms with Crippen LogP contribution in [-0.2, 0) is 9.53 Å². The highest BCUT2D eigenvalue weighted by Gasteiger charge is 2.24. The zero-order valence-corrected chi connectivity index (χ0v) is 11.5. The summed E-state index contributed by atoms with van der Waals surface area (Å²) in [6.45, 7) is 6.08. The van der Waals surface area contributed by atoms with Crippen molar-refractivity contribution in [3.05, 3.63) is 0 Å². The number of hydrogen-bond donors (Lipinski definition) is 3. The summed E-state index contributed by atoms with van der Waals surface area (Å²) in [5.41, 5.74) is -0.330. The maximum absolute atomic E-state index is 11.8. The Bertz CT molecular complexity index is 255. The van der Waals surface area contributed by atoms with E-state index in [-0.39, 0.29) is 30.8 Å². The van der Waals surface area contributed by atoms with Gasteiger partial charge in [0.1, 0.15) is 6.61 Å². The molecule has 18 heavy (non-hydrogen) atoms. The lowest BCUT2D eigenvalue weighted by atomic mass is 9.95. The Balaban J connectivity index is 2.27. The van der Waals surface area contributed by atoms with Gasteiger partial charge in [-0.05, 0) is 45.7 Å².